The number of rotatable bonds is 1. The molecular weight excluding hydrogens is 313 g/mol. The summed E-state index contributed by atoms with van der Waals surface area (Å²) in [6.07, 6.45) is -4.92. The standard InChI is InChI=1S/C15H19F3N2O3/c1-14(2,3)23-13(22)20-8-10(21)6-12(20)11-5-4-9(7-19-11)15(16,17)18/h4-5,7,10,12,21H,6,8H2,1-3H3. The number of halogens is 3. The van der Waals surface area contributed by atoms with Gasteiger partial charge < -0.3 is 9.84 Å². The Labute approximate surface area is 132 Å². The lowest BCUT2D eigenvalue weighted by atomic mass is 10.1. The van der Waals surface area contributed by atoms with Crippen LogP contribution in [-0.4, -0.2) is 39.3 Å². The van der Waals surface area contributed by atoms with Gasteiger partial charge >= 0.3 is 12.3 Å². The molecule has 1 amide bonds. The van der Waals surface area contributed by atoms with Crippen LogP contribution in [0.15, 0.2) is 18.3 Å². The van der Waals surface area contributed by atoms with Crippen LogP contribution in [0, 0.1) is 0 Å². The van der Waals surface area contributed by atoms with Crippen LogP contribution < -0.4 is 0 Å². The lowest BCUT2D eigenvalue weighted by Crippen LogP contribution is -2.37. The number of pyridine rings is 1. The van der Waals surface area contributed by atoms with E-state index in [0.717, 1.165) is 12.3 Å². The van der Waals surface area contributed by atoms with Gasteiger partial charge in [-0.1, -0.05) is 0 Å². The number of amides is 1. The van der Waals surface area contributed by atoms with Crippen molar-refractivity contribution in [3.8, 4) is 0 Å². The predicted molar refractivity (Wildman–Crippen MR) is 75.5 cm³/mol. The Balaban J connectivity index is 2.21. The molecule has 128 valence electrons. The van der Waals surface area contributed by atoms with E-state index in [4.69, 9.17) is 4.74 Å². The monoisotopic (exact) mass is 332 g/mol. The molecule has 1 aliphatic rings. The van der Waals surface area contributed by atoms with E-state index in [2.05, 4.69) is 4.98 Å². The maximum Gasteiger partial charge on any atom is 0.417 e. The molecule has 1 aromatic heterocycles. The molecule has 0 radical (unpaired) electrons. The van der Waals surface area contributed by atoms with Crippen molar-refractivity contribution in [2.45, 2.75) is 51.1 Å². The lowest BCUT2D eigenvalue weighted by Gasteiger charge is -2.28. The van der Waals surface area contributed by atoms with E-state index >= 15 is 0 Å². The third kappa shape index (κ3) is 4.34. The molecule has 2 heterocycles. The summed E-state index contributed by atoms with van der Waals surface area (Å²) < 4.78 is 43.0. The molecule has 0 spiro atoms. The second-order valence-electron chi connectivity index (χ2n) is 6.51. The van der Waals surface area contributed by atoms with E-state index in [-0.39, 0.29) is 13.0 Å². The molecule has 0 saturated carbocycles. The van der Waals surface area contributed by atoms with Crippen LogP contribution >= 0.6 is 0 Å². The molecule has 5 nitrogen and oxygen atoms in total. The van der Waals surface area contributed by atoms with E-state index < -0.39 is 35.6 Å². The molecule has 1 N–H and O–H groups in total. The summed E-state index contributed by atoms with van der Waals surface area (Å²) in [6.45, 7) is 5.19. The normalized spacial score (nSPS) is 22.3. The van der Waals surface area contributed by atoms with Crippen molar-refractivity contribution in [3.63, 3.8) is 0 Å². The van der Waals surface area contributed by atoms with Crippen LogP contribution in [0.25, 0.3) is 0 Å². The second-order valence-corrected chi connectivity index (χ2v) is 6.51. The van der Waals surface area contributed by atoms with Crippen LogP contribution in [0.2, 0.25) is 0 Å². The van der Waals surface area contributed by atoms with E-state index in [1.54, 1.807) is 20.8 Å². The maximum atomic E-state index is 12.6. The van der Waals surface area contributed by atoms with Gasteiger partial charge in [-0.05, 0) is 32.9 Å². The number of aromatic nitrogens is 1. The third-order valence-corrected chi connectivity index (χ3v) is 3.36. The number of ether oxygens (including phenoxy) is 1. The highest BCUT2D eigenvalue weighted by atomic mass is 19.4. The molecule has 1 aromatic rings. The van der Waals surface area contributed by atoms with Crippen molar-refractivity contribution in [2.24, 2.45) is 0 Å². The van der Waals surface area contributed by atoms with E-state index in [1.165, 1.54) is 11.0 Å². The largest absolute Gasteiger partial charge is 0.444 e. The van der Waals surface area contributed by atoms with E-state index in [1.807, 2.05) is 0 Å². The smallest absolute Gasteiger partial charge is 0.417 e. The quantitative estimate of drug-likeness (QED) is 0.858. The summed E-state index contributed by atoms with van der Waals surface area (Å²) in [5, 5.41) is 9.81. The van der Waals surface area contributed by atoms with Crippen molar-refractivity contribution in [2.75, 3.05) is 6.54 Å². The van der Waals surface area contributed by atoms with Crippen LogP contribution in [0.4, 0.5) is 18.0 Å². The maximum absolute atomic E-state index is 12.6. The SMILES string of the molecule is CC(C)(C)OC(=O)N1CC(O)CC1c1ccc(C(F)(F)F)cn1. The summed E-state index contributed by atoms with van der Waals surface area (Å²) in [7, 11) is 0. The molecule has 23 heavy (non-hydrogen) atoms. The average Bonchev–Trinajstić information content (AvgIpc) is 2.78. The van der Waals surface area contributed by atoms with Gasteiger partial charge in [0.1, 0.15) is 5.60 Å². The summed E-state index contributed by atoms with van der Waals surface area (Å²) >= 11 is 0. The van der Waals surface area contributed by atoms with Gasteiger partial charge in [-0.3, -0.25) is 9.88 Å². The minimum absolute atomic E-state index is 0.0578. The van der Waals surface area contributed by atoms with Gasteiger partial charge in [0.25, 0.3) is 0 Å². The Morgan fingerprint density at radius 1 is 1.35 bits per heavy atom. The van der Waals surface area contributed by atoms with Gasteiger partial charge in [0.15, 0.2) is 0 Å². The lowest BCUT2D eigenvalue weighted by molar-refractivity contribution is -0.137. The third-order valence-electron chi connectivity index (χ3n) is 3.36. The van der Waals surface area contributed by atoms with Crippen molar-refractivity contribution in [1.29, 1.82) is 0 Å². The fourth-order valence-electron chi connectivity index (χ4n) is 2.39. The van der Waals surface area contributed by atoms with Crippen LogP contribution in [0.5, 0.6) is 0 Å². The van der Waals surface area contributed by atoms with Crippen molar-refractivity contribution >= 4 is 6.09 Å². The number of aliphatic hydroxyl groups excluding tert-OH is 1. The van der Waals surface area contributed by atoms with Crippen LogP contribution in [0.1, 0.15) is 44.5 Å². The number of hydrogen-bond donors (Lipinski definition) is 1. The van der Waals surface area contributed by atoms with Crippen molar-refractivity contribution in [3.05, 3.63) is 29.6 Å². The minimum atomic E-state index is -4.47. The molecule has 1 fully saturated rings. The zero-order chi connectivity index (χ0) is 17.4. The first kappa shape index (κ1) is 17.5. The van der Waals surface area contributed by atoms with Gasteiger partial charge in [0, 0.05) is 12.6 Å². The zero-order valence-electron chi connectivity index (χ0n) is 13.1. The predicted octanol–water partition coefficient (Wildman–Crippen LogP) is 3.14. The second kappa shape index (κ2) is 5.99. The molecule has 1 saturated heterocycles. The summed E-state index contributed by atoms with van der Waals surface area (Å²) in [6, 6.07) is 1.53. The highest BCUT2D eigenvalue weighted by molar-refractivity contribution is 5.69. The first-order chi connectivity index (χ1) is 10.5. The average molecular weight is 332 g/mol. The van der Waals surface area contributed by atoms with Crippen molar-refractivity contribution < 1.29 is 27.8 Å². The molecule has 1 aliphatic heterocycles. The molecule has 0 bridgehead atoms. The molecular formula is C15H19F3N2O3. The number of alkyl halides is 3. The topological polar surface area (TPSA) is 62.7 Å². The molecule has 8 heteroatoms. The number of nitrogens with zero attached hydrogens (tertiary/aromatic N) is 2. The Kier molecular flexibility index (Phi) is 4.57. The van der Waals surface area contributed by atoms with Gasteiger partial charge in [-0.2, -0.15) is 13.2 Å². The van der Waals surface area contributed by atoms with Gasteiger partial charge in [-0.15, -0.1) is 0 Å². The number of hydrogen-bond acceptors (Lipinski definition) is 4. The van der Waals surface area contributed by atoms with E-state index in [0.29, 0.717) is 5.69 Å². The van der Waals surface area contributed by atoms with Crippen LogP contribution in [0.3, 0.4) is 0 Å². The minimum Gasteiger partial charge on any atom is -0.444 e. The summed E-state index contributed by atoms with van der Waals surface area (Å²) in [5.41, 5.74) is -1.27. The molecule has 2 atom stereocenters. The summed E-state index contributed by atoms with van der Waals surface area (Å²) in [4.78, 5) is 17.3. The number of aliphatic hydroxyl groups is 1. The Bertz CT molecular complexity index is 567. The molecule has 0 aromatic carbocycles. The zero-order valence-corrected chi connectivity index (χ0v) is 13.1. The van der Waals surface area contributed by atoms with E-state index in [9.17, 15) is 23.1 Å². The Morgan fingerprint density at radius 2 is 2.00 bits per heavy atom. The molecule has 0 aliphatic carbocycles. The summed E-state index contributed by atoms with van der Waals surface area (Å²) in [5.74, 6) is 0. The Hall–Kier alpha value is -1.83. The number of carbonyl (C=O) groups excluding carboxylic acids is 1. The number of likely N-dealkylation sites (tertiary alicyclic amines) is 1. The fourth-order valence-corrected chi connectivity index (χ4v) is 2.39. The number of carbonyl (C=O) groups is 1. The first-order valence-corrected chi connectivity index (χ1v) is 7.18. The van der Waals surface area contributed by atoms with Crippen molar-refractivity contribution in [1.82, 2.24) is 9.88 Å². The van der Waals surface area contributed by atoms with Gasteiger partial charge in [0.05, 0.1) is 29.9 Å². The first-order valence-electron chi connectivity index (χ1n) is 7.18. The highest BCUT2D eigenvalue weighted by Crippen LogP contribution is 2.34. The van der Waals surface area contributed by atoms with Gasteiger partial charge in [0.2, 0.25) is 0 Å². The van der Waals surface area contributed by atoms with Crippen LogP contribution in [-0.2, 0) is 10.9 Å². The fraction of sp³-hybridized carbons (Fsp3) is 0.600. The van der Waals surface area contributed by atoms with Gasteiger partial charge in [-0.25, -0.2) is 4.79 Å². The number of β-amino-alcohol motifs (C(OH)–C–C–N with tert-alkyl or cyclic N) is 1. The highest BCUT2D eigenvalue weighted by Gasteiger charge is 2.39. The molecule has 2 rings (SSSR count). The Morgan fingerprint density at radius 3 is 2.48 bits per heavy atom. The molecule has 2 unspecified atom stereocenters.